The molecule has 2 heterocycles. The largest absolute Gasteiger partial charge is 0.372 e. The normalized spacial score (nSPS) is 20.0. The lowest BCUT2D eigenvalue weighted by molar-refractivity contribution is 0.243. The van der Waals surface area contributed by atoms with E-state index in [1.807, 2.05) is 18.3 Å². The van der Waals surface area contributed by atoms with Crippen LogP contribution >= 0.6 is 0 Å². The number of ether oxygens (including phenoxy) is 1. The van der Waals surface area contributed by atoms with Crippen molar-refractivity contribution in [1.82, 2.24) is 9.88 Å². The zero-order chi connectivity index (χ0) is 9.80. The highest BCUT2D eigenvalue weighted by molar-refractivity contribution is 5.03. The van der Waals surface area contributed by atoms with Gasteiger partial charge >= 0.3 is 0 Å². The summed E-state index contributed by atoms with van der Waals surface area (Å²) < 4.78 is 5.22. The van der Waals surface area contributed by atoms with Gasteiger partial charge in [0.1, 0.15) is 0 Å². The van der Waals surface area contributed by atoms with Gasteiger partial charge in [0, 0.05) is 19.3 Å². The summed E-state index contributed by atoms with van der Waals surface area (Å²) in [6, 6.07) is 6.05. The van der Waals surface area contributed by atoms with E-state index in [4.69, 9.17) is 4.74 Å². The molecule has 14 heavy (non-hydrogen) atoms. The molecular formula is C11H16N2O. The first-order valence-electron chi connectivity index (χ1n) is 5.12. The number of rotatable bonds is 5. The molecule has 1 aromatic heterocycles. The Morgan fingerprint density at radius 3 is 3.00 bits per heavy atom. The van der Waals surface area contributed by atoms with Crippen LogP contribution in [0.2, 0.25) is 0 Å². The van der Waals surface area contributed by atoms with E-state index in [2.05, 4.69) is 22.9 Å². The molecule has 0 aromatic carbocycles. The lowest BCUT2D eigenvalue weighted by atomic mass is 10.3. The van der Waals surface area contributed by atoms with Crippen molar-refractivity contribution in [3.05, 3.63) is 30.1 Å². The SMILES string of the molecule is CCN(Cc1ccccn1)CC1CO1. The molecule has 1 aliphatic rings. The molecule has 0 spiro atoms. The van der Waals surface area contributed by atoms with Crippen molar-refractivity contribution in [3.63, 3.8) is 0 Å². The molecule has 0 N–H and O–H groups in total. The summed E-state index contributed by atoms with van der Waals surface area (Å²) >= 11 is 0. The number of nitrogens with zero attached hydrogens (tertiary/aromatic N) is 2. The molecule has 1 saturated heterocycles. The van der Waals surface area contributed by atoms with E-state index in [0.29, 0.717) is 6.10 Å². The molecule has 0 radical (unpaired) electrons. The van der Waals surface area contributed by atoms with Crippen LogP contribution in [0.1, 0.15) is 12.6 Å². The van der Waals surface area contributed by atoms with Gasteiger partial charge in [-0.25, -0.2) is 0 Å². The fourth-order valence-corrected chi connectivity index (χ4v) is 1.49. The Bertz CT molecular complexity index is 272. The average molecular weight is 192 g/mol. The molecule has 0 aliphatic carbocycles. The van der Waals surface area contributed by atoms with Crippen molar-refractivity contribution in [2.75, 3.05) is 19.7 Å². The fraction of sp³-hybridized carbons (Fsp3) is 0.545. The van der Waals surface area contributed by atoms with Gasteiger partial charge in [0.05, 0.1) is 18.4 Å². The number of hydrogen-bond donors (Lipinski definition) is 0. The van der Waals surface area contributed by atoms with Crippen LogP contribution in [0, 0.1) is 0 Å². The quantitative estimate of drug-likeness (QED) is 0.658. The first-order chi connectivity index (χ1) is 6.88. The van der Waals surface area contributed by atoms with Crippen LogP contribution in [0.3, 0.4) is 0 Å². The Morgan fingerprint density at radius 2 is 2.43 bits per heavy atom. The van der Waals surface area contributed by atoms with Crippen LogP contribution in [0.15, 0.2) is 24.4 Å². The van der Waals surface area contributed by atoms with Crippen LogP contribution in [0.5, 0.6) is 0 Å². The van der Waals surface area contributed by atoms with Crippen molar-refractivity contribution in [2.24, 2.45) is 0 Å². The topological polar surface area (TPSA) is 28.7 Å². The summed E-state index contributed by atoms with van der Waals surface area (Å²) in [6.45, 7) is 6.12. The Kier molecular flexibility index (Phi) is 3.11. The number of hydrogen-bond acceptors (Lipinski definition) is 3. The maximum absolute atomic E-state index is 5.22. The van der Waals surface area contributed by atoms with Gasteiger partial charge in [-0.15, -0.1) is 0 Å². The van der Waals surface area contributed by atoms with Crippen LogP contribution in [-0.2, 0) is 11.3 Å². The van der Waals surface area contributed by atoms with Crippen molar-refractivity contribution in [3.8, 4) is 0 Å². The van der Waals surface area contributed by atoms with Crippen molar-refractivity contribution in [2.45, 2.75) is 19.6 Å². The predicted molar refractivity (Wildman–Crippen MR) is 54.9 cm³/mol. The molecule has 1 unspecified atom stereocenters. The molecule has 2 rings (SSSR count). The molecule has 0 bridgehead atoms. The zero-order valence-corrected chi connectivity index (χ0v) is 8.52. The second-order valence-electron chi connectivity index (χ2n) is 3.60. The minimum atomic E-state index is 0.471. The molecule has 3 nitrogen and oxygen atoms in total. The van der Waals surface area contributed by atoms with E-state index in [1.165, 1.54) is 0 Å². The third-order valence-electron chi connectivity index (χ3n) is 2.42. The van der Waals surface area contributed by atoms with Crippen LogP contribution < -0.4 is 0 Å². The maximum atomic E-state index is 5.22. The molecule has 3 heteroatoms. The van der Waals surface area contributed by atoms with Crippen molar-refractivity contribution < 1.29 is 4.74 Å². The molecular weight excluding hydrogens is 176 g/mol. The number of pyridine rings is 1. The molecule has 1 aromatic rings. The van der Waals surface area contributed by atoms with E-state index < -0.39 is 0 Å². The highest BCUT2D eigenvalue weighted by Crippen LogP contribution is 2.12. The molecule has 1 fully saturated rings. The van der Waals surface area contributed by atoms with E-state index in [1.54, 1.807) is 0 Å². The number of likely N-dealkylation sites (N-methyl/N-ethyl adjacent to an activating group) is 1. The minimum Gasteiger partial charge on any atom is -0.372 e. The van der Waals surface area contributed by atoms with Crippen molar-refractivity contribution in [1.29, 1.82) is 0 Å². The third kappa shape index (κ3) is 2.79. The van der Waals surface area contributed by atoms with Gasteiger partial charge in [-0.3, -0.25) is 9.88 Å². The highest BCUT2D eigenvalue weighted by atomic mass is 16.6. The van der Waals surface area contributed by atoms with E-state index in [9.17, 15) is 0 Å². The summed E-state index contributed by atoms with van der Waals surface area (Å²) in [4.78, 5) is 6.67. The summed E-state index contributed by atoms with van der Waals surface area (Å²) in [6.07, 6.45) is 2.32. The first-order valence-corrected chi connectivity index (χ1v) is 5.12. The van der Waals surface area contributed by atoms with E-state index in [0.717, 1.165) is 31.9 Å². The Hall–Kier alpha value is -0.930. The van der Waals surface area contributed by atoms with Gasteiger partial charge in [0.25, 0.3) is 0 Å². The lowest BCUT2D eigenvalue weighted by Crippen LogP contribution is -2.27. The molecule has 0 saturated carbocycles. The summed E-state index contributed by atoms with van der Waals surface area (Å²) in [7, 11) is 0. The molecule has 1 atom stereocenters. The van der Waals surface area contributed by atoms with Gasteiger partial charge in [0.2, 0.25) is 0 Å². The summed E-state index contributed by atoms with van der Waals surface area (Å²) in [5, 5.41) is 0. The number of epoxide rings is 1. The minimum absolute atomic E-state index is 0.471. The molecule has 0 amide bonds. The van der Waals surface area contributed by atoms with Gasteiger partial charge in [-0.05, 0) is 18.7 Å². The Labute approximate surface area is 84.7 Å². The highest BCUT2D eigenvalue weighted by Gasteiger charge is 2.24. The van der Waals surface area contributed by atoms with Gasteiger partial charge < -0.3 is 4.74 Å². The predicted octanol–water partition coefficient (Wildman–Crippen LogP) is 1.30. The maximum Gasteiger partial charge on any atom is 0.0936 e. The fourth-order valence-electron chi connectivity index (χ4n) is 1.49. The standard InChI is InChI=1S/C11H16N2O/c1-2-13(8-11-9-14-11)7-10-5-3-4-6-12-10/h3-6,11H,2,7-9H2,1H3. The van der Waals surface area contributed by atoms with Crippen molar-refractivity contribution >= 4 is 0 Å². The Balaban J connectivity index is 1.87. The van der Waals surface area contributed by atoms with Crippen LogP contribution in [-0.4, -0.2) is 35.7 Å². The second kappa shape index (κ2) is 4.53. The second-order valence-corrected chi connectivity index (χ2v) is 3.60. The average Bonchev–Trinajstić information content (AvgIpc) is 3.02. The monoisotopic (exact) mass is 192 g/mol. The zero-order valence-electron chi connectivity index (χ0n) is 8.52. The van der Waals surface area contributed by atoms with Crippen LogP contribution in [0.25, 0.3) is 0 Å². The summed E-state index contributed by atoms with van der Waals surface area (Å²) in [5.41, 5.74) is 1.13. The van der Waals surface area contributed by atoms with E-state index >= 15 is 0 Å². The van der Waals surface area contributed by atoms with Gasteiger partial charge in [-0.2, -0.15) is 0 Å². The van der Waals surface area contributed by atoms with Crippen LogP contribution in [0.4, 0.5) is 0 Å². The smallest absolute Gasteiger partial charge is 0.0936 e. The van der Waals surface area contributed by atoms with Gasteiger partial charge in [-0.1, -0.05) is 13.0 Å². The van der Waals surface area contributed by atoms with E-state index in [-0.39, 0.29) is 0 Å². The number of aromatic nitrogens is 1. The third-order valence-corrected chi connectivity index (χ3v) is 2.42. The Morgan fingerprint density at radius 1 is 1.57 bits per heavy atom. The molecule has 1 aliphatic heterocycles. The molecule has 76 valence electrons. The van der Waals surface area contributed by atoms with Gasteiger partial charge in [0.15, 0.2) is 0 Å². The first kappa shape index (κ1) is 9.62. The lowest BCUT2D eigenvalue weighted by Gasteiger charge is -2.18. The summed E-state index contributed by atoms with van der Waals surface area (Å²) in [5.74, 6) is 0.